The molecule has 0 aliphatic carbocycles. The van der Waals surface area contributed by atoms with Crippen LogP contribution in [0.15, 0.2) is 36.4 Å². The topological polar surface area (TPSA) is 33.0 Å². The zero-order valence-electron chi connectivity index (χ0n) is 8.95. The fourth-order valence-electron chi connectivity index (χ4n) is 1.36. The first-order valence-electron chi connectivity index (χ1n) is 4.92. The maximum absolute atomic E-state index is 13.1. The van der Waals surface area contributed by atoms with Gasteiger partial charge in [-0.2, -0.15) is 5.26 Å². The van der Waals surface area contributed by atoms with Gasteiger partial charge in [-0.05, 0) is 24.3 Å². The molecule has 0 spiro atoms. The van der Waals surface area contributed by atoms with Gasteiger partial charge in [-0.3, -0.25) is 0 Å². The second kappa shape index (κ2) is 5.03. The Bertz CT molecular complexity index is 637. The van der Waals surface area contributed by atoms with E-state index in [1.165, 1.54) is 18.2 Å². The Morgan fingerprint density at radius 1 is 1.06 bits per heavy atom. The molecule has 2 rings (SSSR count). The maximum atomic E-state index is 13.1. The molecule has 0 aliphatic heterocycles. The second-order valence-corrected chi connectivity index (χ2v) is 3.87. The Kier molecular flexibility index (Phi) is 3.45. The minimum Gasteiger partial charge on any atom is -0.457 e. The van der Waals surface area contributed by atoms with Crippen molar-refractivity contribution in [2.45, 2.75) is 0 Å². The Labute approximate surface area is 107 Å². The molecule has 2 aromatic rings. The van der Waals surface area contributed by atoms with Crippen molar-refractivity contribution in [1.29, 1.82) is 5.26 Å². The fourth-order valence-corrected chi connectivity index (χ4v) is 1.53. The molecule has 0 aliphatic rings. The van der Waals surface area contributed by atoms with Crippen LogP contribution >= 0.6 is 11.6 Å². The molecule has 0 aromatic heterocycles. The van der Waals surface area contributed by atoms with Crippen LogP contribution in [0.2, 0.25) is 5.02 Å². The molecule has 18 heavy (non-hydrogen) atoms. The molecule has 0 fully saturated rings. The van der Waals surface area contributed by atoms with E-state index in [1.54, 1.807) is 0 Å². The van der Waals surface area contributed by atoms with Gasteiger partial charge in [0.05, 0.1) is 16.7 Å². The van der Waals surface area contributed by atoms with Crippen molar-refractivity contribution >= 4 is 11.6 Å². The summed E-state index contributed by atoms with van der Waals surface area (Å²) in [5.74, 6) is -0.747. The third-order valence-corrected chi connectivity index (χ3v) is 2.42. The molecule has 0 unspecified atom stereocenters. The molecular weight excluding hydrogens is 260 g/mol. The van der Waals surface area contributed by atoms with Crippen LogP contribution in [0.3, 0.4) is 0 Å². The molecular formula is C13H6ClF2NO. The summed E-state index contributed by atoms with van der Waals surface area (Å²) in [6, 6.07) is 9.17. The van der Waals surface area contributed by atoms with Gasteiger partial charge in [0.1, 0.15) is 23.1 Å². The standard InChI is InChI=1S/C13H6ClF2NO/c14-12-6-10(1-2-13(12)16)18-11-4-8(7-17)3-9(15)5-11/h1-6H. The summed E-state index contributed by atoms with van der Waals surface area (Å²) in [4.78, 5) is 0. The number of halogens is 3. The van der Waals surface area contributed by atoms with Crippen molar-refractivity contribution in [1.82, 2.24) is 0 Å². The lowest BCUT2D eigenvalue weighted by molar-refractivity contribution is 0.474. The smallest absolute Gasteiger partial charge is 0.142 e. The van der Waals surface area contributed by atoms with E-state index >= 15 is 0 Å². The molecule has 0 radical (unpaired) electrons. The second-order valence-electron chi connectivity index (χ2n) is 3.47. The van der Waals surface area contributed by atoms with E-state index < -0.39 is 11.6 Å². The van der Waals surface area contributed by atoms with Gasteiger partial charge < -0.3 is 4.74 Å². The normalized spacial score (nSPS) is 9.89. The van der Waals surface area contributed by atoms with Crippen molar-refractivity contribution in [3.05, 3.63) is 58.6 Å². The zero-order chi connectivity index (χ0) is 13.1. The molecule has 90 valence electrons. The van der Waals surface area contributed by atoms with Crippen LogP contribution in [0.1, 0.15) is 5.56 Å². The van der Waals surface area contributed by atoms with E-state index in [0.29, 0.717) is 0 Å². The Morgan fingerprint density at radius 2 is 1.83 bits per heavy atom. The number of nitrogens with zero attached hydrogens (tertiary/aromatic N) is 1. The van der Waals surface area contributed by atoms with Crippen molar-refractivity contribution in [2.75, 3.05) is 0 Å². The van der Waals surface area contributed by atoms with E-state index in [0.717, 1.165) is 18.2 Å². The average Bonchev–Trinajstić information content (AvgIpc) is 2.33. The van der Waals surface area contributed by atoms with Crippen LogP contribution in [-0.4, -0.2) is 0 Å². The summed E-state index contributed by atoms with van der Waals surface area (Å²) in [6.07, 6.45) is 0. The van der Waals surface area contributed by atoms with Crippen molar-refractivity contribution in [3.63, 3.8) is 0 Å². The minimum atomic E-state index is -0.586. The van der Waals surface area contributed by atoms with E-state index in [1.807, 2.05) is 6.07 Å². The van der Waals surface area contributed by atoms with E-state index in [9.17, 15) is 8.78 Å². The summed E-state index contributed by atoms with van der Waals surface area (Å²) in [5, 5.41) is 8.60. The molecule has 2 nitrogen and oxygen atoms in total. The van der Waals surface area contributed by atoms with Gasteiger partial charge in [0.25, 0.3) is 0 Å². The van der Waals surface area contributed by atoms with Crippen LogP contribution in [0, 0.1) is 23.0 Å². The monoisotopic (exact) mass is 265 g/mol. The van der Waals surface area contributed by atoms with E-state index in [4.69, 9.17) is 21.6 Å². The molecule has 2 aromatic carbocycles. The SMILES string of the molecule is N#Cc1cc(F)cc(Oc2ccc(F)c(Cl)c2)c1. The van der Waals surface area contributed by atoms with Crippen LogP contribution in [0.25, 0.3) is 0 Å². The van der Waals surface area contributed by atoms with Gasteiger partial charge >= 0.3 is 0 Å². The molecule has 0 atom stereocenters. The van der Waals surface area contributed by atoms with Gasteiger partial charge in [0.2, 0.25) is 0 Å². The maximum Gasteiger partial charge on any atom is 0.142 e. The highest BCUT2D eigenvalue weighted by Crippen LogP contribution is 2.27. The highest BCUT2D eigenvalue weighted by atomic mass is 35.5. The summed E-state index contributed by atoms with van der Waals surface area (Å²) < 4.78 is 31.4. The predicted molar refractivity (Wildman–Crippen MR) is 62.6 cm³/mol. The third kappa shape index (κ3) is 2.76. The first kappa shape index (κ1) is 12.3. The van der Waals surface area contributed by atoms with Gasteiger partial charge in [-0.15, -0.1) is 0 Å². The summed E-state index contributed by atoms with van der Waals surface area (Å²) in [6.45, 7) is 0. The number of hydrogen-bond acceptors (Lipinski definition) is 2. The molecule has 0 N–H and O–H groups in total. The quantitative estimate of drug-likeness (QED) is 0.812. The number of hydrogen-bond donors (Lipinski definition) is 0. The van der Waals surface area contributed by atoms with Crippen molar-refractivity contribution in [2.24, 2.45) is 0 Å². The highest BCUT2D eigenvalue weighted by Gasteiger charge is 2.05. The lowest BCUT2D eigenvalue weighted by Crippen LogP contribution is -1.88. The molecule has 0 saturated heterocycles. The summed E-state index contributed by atoms with van der Waals surface area (Å²) >= 11 is 5.59. The van der Waals surface area contributed by atoms with Crippen LogP contribution in [0.5, 0.6) is 11.5 Å². The zero-order valence-corrected chi connectivity index (χ0v) is 9.71. The summed E-state index contributed by atoms with van der Waals surface area (Å²) in [7, 11) is 0. The highest BCUT2D eigenvalue weighted by molar-refractivity contribution is 6.30. The lowest BCUT2D eigenvalue weighted by Gasteiger charge is -2.06. The Hall–Kier alpha value is -2.12. The van der Waals surface area contributed by atoms with Gasteiger partial charge in [-0.25, -0.2) is 8.78 Å². The first-order chi connectivity index (χ1) is 8.58. The average molecular weight is 266 g/mol. The number of ether oxygens (including phenoxy) is 1. The first-order valence-corrected chi connectivity index (χ1v) is 5.30. The summed E-state index contributed by atoms with van der Waals surface area (Å²) in [5.41, 5.74) is 0.137. The molecule has 5 heteroatoms. The Balaban J connectivity index is 2.31. The van der Waals surface area contributed by atoms with Gasteiger partial charge in [-0.1, -0.05) is 11.6 Å². The largest absolute Gasteiger partial charge is 0.457 e. The third-order valence-electron chi connectivity index (χ3n) is 2.13. The van der Waals surface area contributed by atoms with E-state index in [2.05, 4.69) is 0 Å². The van der Waals surface area contributed by atoms with Crippen LogP contribution in [-0.2, 0) is 0 Å². The molecule has 0 bridgehead atoms. The fraction of sp³-hybridized carbons (Fsp3) is 0. The van der Waals surface area contributed by atoms with Crippen molar-refractivity contribution in [3.8, 4) is 17.6 Å². The number of nitriles is 1. The number of rotatable bonds is 2. The van der Waals surface area contributed by atoms with Gasteiger partial charge in [0, 0.05) is 12.1 Å². The molecule has 0 heterocycles. The number of benzene rings is 2. The minimum absolute atomic E-state index is 0.0931. The molecule has 0 amide bonds. The van der Waals surface area contributed by atoms with Gasteiger partial charge in [0.15, 0.2) is 0 Å². The molecule has 0 saturated carbocycles. The van der Waals surface area contributed by atoms with Crippen LogP contribution < -0.4 is 4.74 Å². The van der Waals surface area contributed by atoms with Crippen LogP contribution in [0.4, 0.5) is 8.78 Å². The predicted octanol–water partition coefficient (Wildman–Crippen LogP) is 4.28. The lowest BCUT2D eigenvalue weighted by atomic mass is 10.2. The van der Waals surface area contributed by atoms with E-state index in [-0.39, 0.29) is 22.1 Å². The van der Waals surface area contributed by atoms with Crippen molar-refractivity contribution < 1.29 is 13.5 Å². The Morgan fingerprint density at radius 3 is 2.50 bits per heavy atom.